The van der Waals surface area contributed by atoms with Gasteiger partial charge in [-0.3, -0.25) is 0 Å². The lowest BCUT2D eigenvalue weighted by Gasteiger charge is -2.17. The van der Waals surface area contributed by atoms with Gasteiger partial charge in [-0.2, -0.15) is 0 Å². The molecule has 1 heterocycles. The van der Waals surface area contributed by atoms with Crippen LogP contribution in [0.5, 0.6) is 0 Å². The van der Waals surface area contributed by atoms with Gasteiger partial charge < -0.3 is 15.2 Å². The van der Waals surface area contributed by atoms with Crippen molar-refractivity contribution in [2.75, 3.05) is 10.6 Å². The number of carbonyl (C=O) groups excluding carboxylic acids is 1. The summed E-state index contributed by atoms with van der Waals surface area (Å²) in [5.74, 6) is 0. The zero-order chi connectivity index (χ0) is 16.2. The van der Waals surface area contributed by atoms with Crippen molar-refractivity contribution >= 4 is 17.4 Å². The van der Waals surface area contributed by atoms with Crippen LogP contribution in [-0.2, 0) is 0 Å². The molecule has 0 unspecified atom stereocenters. The van der Waals surface area contributed by atoms with E-state index in [9.17, 15) is 4.79 Å². The fraction of sp³-hybridized carbons (Fsp3) is 0.105. The Labute approximate surface area is 135 Å². The topological polar surface area (TPSA) is 46.1 Å². The van der Waals surface area contributed by atoms with Gasteiger partial charge in [-0.15, -0.1) is 0 Å². The van der Waals surface area contributed by atoms with E-state index in [4.69, 9.17) is 0 Å². The lowest BCUT2D eigenvalue weighted by molar-refractivity contribution is 0.262. The van der Waals surface area contributed by atoms with Crippen LogP contribution >= 0.6 is 0 Å². The fourth-order valence-corrected chi connectivity index (χ4v) is 2.52. The Balaban J connectivity index is 1.88. The van der Waals surface area contributed by atoms with Crippen LogP contribution in [-0.4, -0.2) is 10.6 Å². The molecule has 23 heavy (non-hydrogen) atoms. The molecule has 3 rings (SSSR count). The molecule has 0 radical (unpaired) electrons. The molecule has 0 aliphatic heterocycles. The molecule has 2 amide bonds. The van der Waals surface area contributed by atoms with Gasteiger partial charge in [0.15, 0.2) is 0 Å². The molecule has 0 saturated heterocycles. The first kappa shape index (κ1) is 14.9. The van der Waals surface area contributed by atoms with Gasteiger partial charge in [0.2, 0.25) is 0 Å². The van der Waals surface area contributed by atoms with E-state index >= 15 is 0 Å². The number of amides is 2. The molecule has 0 spiro atoms. The minimum absolute atomic E-state index is 0.257. The monoisotopic (exact) mass is 305 g/mol. The van der Waals surface area contributed by atoms with Crippen LogP contribution in [0.2, 0.25) is 0 Å². The van der Waals surface area contributed by atoms with Gasteiger partial charge in [-0.05, 0) is 55.3 Å². The van der Waals surface area contributed by atoms with Crippen LogP contribution in [0.4, 0.5) is 16.2 Å². The minimum Gasteiger partial charge on any atom is -0.322 e. The first-order valence-electron chi connectivity index (χ1n) is 7.52. The summed E-state index contributed by atoms with van der Waals surface area (Å²) >= 11 is 0. The second-order valence-corrected chi connectivity index (χ2v) is 5.44. The van der Waals surface area contributed by atoms with Crippen molar-refractivity contribution in [3.8, 4) is 5.69 Å². The summed E-state index contributed by atoms with van der Waals surface area (Å²) in [5, 5.41) is 5.78. The number of hydrogen-bond acceptors (Lipinski definition) is 1. The van der Waals surface area contributed by atoms with Crippen molar-refractivity contribution in [3.05, 3.63) is 78.1 Å². The summed E-state index contributed by atoms with van der Waals surface area (Å²) in [6, 6.07) is 17.0. The lowest BCUT2D eigenvalue weighted by atomic mass is 10.1. The Bertz CT molecular complexity index is 808. The molecule has 0 aliphatic rings. The summed E-state index contributed by atoms with van der Waals surface area (Å²) in [6.45, 7) is 4.13. The van der Waals surface area contributed by atoms with Crippen molar-refractivity contribution in [2.45, 2.75) is 13.8 Å². The van der Waals surface area contributed by atoms with E-state index in [1.54, 1.807) is 0 Å². The summed E-state index contributed by atoms with van der Waals surface area (Å²) in [5.41, 5.74) is 4.84. The Morgan fingerprint density at radius 3 is 2.26 bits per heavy atom. The molecular formula is C19H19N3O. The van der Waals surface area contributed by atoms with Crippen molar-refractivity contribution in [1.82, 2.24) is 4.57 Å². The van der Waals surface area contributed by atoms with Crippen LogP contribution in [0.3, 0.4) is 0 Å². The molecule has 116 valence electrons. The average Bonchev–Trinajstić information content (AvgIpc) is 3.06. The number of rotatable bonds is 3. The fourth-order valence-electron chi connectivity index (χ4n) is 2.52. The third kappa shape index (κ3) is 3.26. The molecule has 0 atom stereocenters. The van der Waals surface area contributed by atoms with Crippen molar-refractivity contribution < 1.29 is 4.79 Å². The maximum Gasteiger partial charge on any atom is 0.323 e. The van der Waals surface area contributed by atoms with Gasteiger partial charge in [0, 0.05) is 18.1 Å². The van der Waals surface area contributed by atoms with Crippen LogP contribution < -0.4 is 10.6 Å². The first-order valence-corrected chi connectivity index (χ1v) is 7.52. The molecule has 0 bridgehead atoms. The highest BCUT2D eigenvalue weighted by atomic mass is 16.2. The van der Waals surface area contributed by atoms with Crippen LogP contribution in [0.1, 0.15) is 11.1 Å². The second-order valence-electron chi connectivity index (χ2n) is 5.44. The highest BCUT2D eigenvalue weighted by Crippen LogP contribution is 2.27. The molecular weight excluding hydrogens is 286 g/mol. The van der Waals surface area contributed by atoms with E-state index in [0.717, 1.165) is 22.6 Å². The Kier molecular flexibility index (Phi) is 4.15. The number of aryl methyl sites for hydroxylation is 1. The summed E-state index contributed by atoms with van der Waals surface area (Å²) in [4.78, 5) is 12.3. The Hall–Kier alpha value is -3.01. The number of urea groups is 1. The summed E-state index contributed by atoms with van der Waals surface area (Å²) in [7, 11) is 0. The third-order valence-corrected chi connectivity index (χ3v) is 3.84. The number of para-hydroxylation sites is 1. The minimum atomic E-state index is -0.257. The van der Waals surface area contributed by atoms with Crippen molar-refractivity contribution in [2.24, 2.45) is 0 Å². The number of anilines is 2. The van der Waals surface area contributed by atoms with E-state index in [2.05, 4.69) is 24.5 Å². The molecule has 0 saturated carbocycles. The largest absolute Gasteiger partial charge is 0.323 e. The Morgan fingerprint density at radius 2 is 1.57 bits per heavy atom. The van der Waals surface area contributed by atoms with Gasteiger partial charge in [0.25, 0.3) is 0 Å². The van der Waals surface area contributed by atoms with Crippen LogP contribution in [0.15, 0.2) is 67.0 Å². The lowest BCUT2D eigenvalue weighted by Crippen LogP contribution is -2.20. The standard InChI is InChI=1S/C19H19N3O/c1-14-10-11-17(18(15(14)2)22-12-6-7-13-22)21-19(23)20-16-8-4-3-5-9-16/h3-13H,1-2H3,(H2,20,21,23). The van der Waals surface area contributed by atoms with E-state index in [0.29, 0.717) is 0 Å². The smallest absolute Gasteiger partial charge is 0.322 e. The molecule has 0 fully saturated rings. The number of carbonyl (C=O) groups is 1. The number of hydrogen-bond donors (Lipinski definition) is 2. The maximum absolute atomic E-state index is 12.3. The number of benzene rings is 2. The second kappa shape index (κ2) is 6.40. The van der Waals surface area contributed by atoms with Crippen molar-refractivity contribution in [3.63, 3.8) is 0 Å². The zero-order valence-corrected chi connectivity index (χ0v) is 13.2. The molecule has 4 nitrogen and oxygen atoms in total. The number of nitrogens with zero attached hydrogens (tertiary/aromatic N) is 1. The third-order valence-electron chi connectivity index (χ3n) is 3.84. The maximum atomic E-state index is 12.3. The SMILES string of the molecule is Cc1ccc(NC(=O)Nc2ccccc2)c(-n2cccc2)c1C. The van der Waals surface area contributed by atoms with Crippen LogP contribution in [0.25, 0.3) is 5.69 Å². The molecule has 4 heteroatoms. The highest BCUT2D eigenvalue weighted by molar-refractivity contribution is 6.01. The van der Waals surface area contributed by atoms with Gasteiger partial charge >= 0.3 is 6.03 Å². The zero-order valence-electron chi connectivity index (χ0n) is 13.2. The van der Waals surface area contributed by atoms with Gasteiger partial charge in [0.05, 0.1) is 11.4 Å². The summed E-state index contributed by atoms with van der Waals surface area (Å²) < 4.78 is 2.01. The number of aromatic nitrogens is 1. The van der Waals surface area contributed by atoms with E-state index in [-0.39, 0.29) is 6.03 Å². The Morgan fingerprint density at radius 1 is 0.870 bits per heavy atom. The van der Waals surface area contributed by atoms with Gasteiger partial charge in [-0.1, -0.05) is 24.3 Å². The normalized spacial score (nSPS) is 10.3. The predicted molar refractivity (Wildman–Crippen MR) is 94.3 cm³/mol. The molecule has 0 aliphatic carbocycles. The predicted octanol–water partition coefficient (Wildman–Crippen LogP) is 4.74. The van der Waals surface area contributed by atoms with Crippen molar-refractivity contribution in [1.29, 1.82) is 0 Å². The summed E-state index contributed by atoms with van der Waals surface area (Å²) in [6.07, 6.45) is 3.95. The van der Waals surface area contributed by atoms with Crippen LogP contribution in [0, 0.1) is 13.8 Å². The van der Waals surface area contributed by atoms with E-state index in [1.807, 2.05) is 71.6 Å². The number of nitrogens with one attached hydrogen (secondary N) is 2. The molecule has 2 N–H and O–H groups in total. The highest BCUT2D eigenvalue weighted by Gasteiger charge is 2.12. The van der Waals surface area contributed by atoms with E-state index < -0.39 is 0 Å². The first-order chi connectivity index (χ1) is 11.1. The van der Waals surface area contributed by atoms with Gasteiger partial charge in [-0.25, -0.2) is 4.79 Å². The quantitative estimate of drug-likeness (QED) is 0.721. The molecule has 1 aromatic heterocycles. The molecule has 3 aromatic rings. The molecule has 2 aromatic carbocycles. The average molecular weight is 305 g/mol. The van der Waals surface area contributed by atoms with E-state index in [1.165, 1.54) is 5.56 Å². The van der Waals surface area contributed by atoms with Gasteiger partial charge in [0.1, 0.15) is 0 Å².